The van der Waals surface area contributed by atoms with Gasteiger partial charge in [0.25, 0.3) is 0 Å². The number of hydrogen-bond donors (Lipinski definition) is 1. The fourth-order valence-corrected chi connectivity index (χ4v) is 1.86. The van der Waals surface area contributed by atoms with Gasteiger partial charge >= 0.3 is 0 Å². The second-order valence-corrected chi connectivity index (χ2v) is 4.36. The lowest BCUT2D eigenvalue weighted by atomic mass is 10.2. The summed E-state index contributed by atoms with van der Waals surface area (Å²) in [4.78, 5) is 4.22. The monoisotopic (exact) mass is 260 g/mol. The quantitative estimate of drug-likeness (QED) is 0.867. The molecule has 5 heteroatoms. The number of aromatic nitrogens is 3. The summed E-state index contributed by atoms with van der Waals surface area (Å²) in [6.07, 6.45) is 4.95. The molecule has 0 saturated heterocycles. The Morgan fingerprint density at radius 1 is 1.32 bits per heavy atom. The van der Waals surface area contributed by atoms with Crippen LogP contribution in [0.3, 0.4) is 0 Å². The number of nitrogens with zero attached hydrogens (tertiary/aromatic N) is 3. The number of aryl methyl sites for hydroxylation is 1. The highest BCUT2D eigenvalue weighted by Crippen LogP contribution is 2.17. The van der Waals surface area contributed by atoms with Crippen molar-refractivity contribution in [3.05, 3.63) is 30.1 Å². The van der Waals surface area contributed by atoms with Gasteiger partial charge in [-0.15, -0.1) is 0 Å². The van der Waals surface area contributed by atoms with Crippen molar-refractivity contribution in [1.82, 2.24) is 14.8 Å². The van der Waals surface area contributed by atoms with Crippen molar-refractivity contribution in [2.45, 2.75) is 33.1 Å². The number of pyridine rings is 1. The number of unbranched alkanes of at least 4 members (excludes halogenated alkanes) is 1. The van der Waals surface area contributed by atoms with Gasteiger partial charge in [0, 0.05) is 12.1 Å². The fraction of sp³-hybridized carbons (Fsp3) is 0.429. The predicted octanol–water partition coefficient (Wildman–Crippen LogP) is 2.59. The Hall–Kier alpha value is -2.04. The average Bonchev–Trinajstić information content (AvgIpc) is 2.79. The highest BCUT2D eigenvalue weighted by Gasteiger charge is 2.07. The molecular formula is C14H20N4O. The minimum Gasteiger partial charge on any atom is -0.478 e. The fourth-order valence-electron chi connectivity index (χ4n) is 1.86. The van der Waals surface area contributed by atoms with Crippen LogP contribution >= 0.6 is 0 Å². The summed E-state index contributed by atoms with van der Waals surface area (Å²) >= 11 is 0. The Labute approximate surface area is 113 Å². The van der Waals surface area contributed by atoms with E-state index in [2.05, 4.69) is 17.0 Å². The lowest BCUT2D eigenvalue weighted by Crippen LogP contribution is -2.03. The van der Waals surface area contributed by atoms with E-state index in [-0.39, 0.29) is 0 Å². The Balaban J connectivity index is 2.18. The van der Waals surface area contributed by atoms with E-state index < -0.39 is 0 Å². The first-order valence-corrected chi connectivity index (χ1v) is 6.68. The molecule has 0 aliphatic carbocycles. The molecule has 5 nitrogen and oxygen atoms in total. The van der Waals surface area contributed by atoms with Gasteiger partial charge in [0.05, 0.1) is 24.2 Å². The molecule has 0 radical (unpaired) electrons. The molecule has 0 atom stereocenters. The smallest absolute Gasteiger partial charge is 0.213 e. The zero-order chi connectivity index (χ0) is 13.7. The lowest BCUT2D eigenvalue weighted by Gasteiger charge is -2.05. The van der Waals surface area contributed by atoms with Crippen LogP contribution in [-0.4, -0.2) is 21.4 Å². The van der Waals surface area contributed by atoms with Gasteiger partial charge in [-0.1, -0.05) is 13.3 Å². The maximum absolute atomic E-state index is 5.98. The third-order valence-corrected chi connectivity index (χ3v) is 2.83. The van der Waals surface area contributed by atoms with Gasteiger partial charge in [0.1, 0.15) is 5.82 Å². The highest BCUT2D eigenvalue weighted by molar-refractivity contribution is 5.42. The maximum atomic E-state index is 5.98. The van der Waals surface area contributed by atoms with Gasteiger partial charge in [0.15, 0.2) is 0 Å². The summed E-state index contributed by atoms with van der Waals surface area (Å²) in [7, 11) is 0. The molecule has 0 spiro atoms. The zero-order valence-corrected chi connectivity index (χ0v) is 11.5. The van der Waals surface area contributed by atoms with Crippen LogP contribution in [0.25, 0.3) is 5.69 Å². The topological polar surface area (TPSA) is 66.0 Å². The third-order valence-electron chi connectivity index (χ3n) is 2.83. The van der Waals surface area contributed by atoms with E-state index in [1.807, 2.05) is 25.1 Å². The largest absolute Gasteiger partial charge is 0.478 e. The van der Waals surface area contributed by atoms with E-state index in [0.29, 0.717) is 18.3 Å². The normalized spacial score (nSPS) is 10.6. The maximum Gasteiger partial charge on any atom is 0.213 e. The molecule has 0 aliphatic heterocycles. The number of hydrogen-bond acceptors (Lipinski definition) is 4. The van der Waals surface area contributed by atoms with Crippen LogP contribution in [0.5, 0.6) is 5.88 Å². The Bertz CT molecular complexity index is 519. The van der Waals surface area contributed by atoms with Crippen molar-refractivity contribution in [2.24, 2.45) is 0 Å². The molecule has 2 N–H and O–H groups in total. The van der Waals surface area contributed by atoms with Crippen molar-refractivity contribution in [3.63, 3.8) is 0 Å². The van der Waals surface area contributed by atoms with E-state index in [4.69, 9.17) is 10.5 Å². The van der Waals surface area contributed by atoms with Crippen molar-refractivity contribution in [2.75, 3.05) is 12.3 Å². The van der Waals surface area contributed by atoms with E-state index in [9.17, 15) is 0 Å². The molecule has 0 saturated carbocycles. The SMILES string of the molecule is CCCCc1cc(N)n(-c2ccc(OCC)nc2)n1. The third kappa shape index (κ3) is 3.24. The molecule has 2 heterocycles. The van der Waals surface area contributed by atoms with E-state index >= 15 is 0 Å². The number of nitrogen functional groups attached to an aromatic ring is 1. The Kier molecular flexibility index (Phi) is 4.39. The van der Waals surface area contributed by atoms with Gasteiger partial charge < -0.3 is 10.5 Å². The molecule has 2 aromatic rings. The number of anilines is 1. The second-order valence-electron chi connectivity index (χ2n) is 4.36. The van der Waals surface area contributed by atoms with Crippen molar-refractivity contribution in [1.29, 1.82) is 0 Å². The summed E-state index contributed by atoms with van der Waals surface area (Å²) in [5, 5.41) is 4.50. The van der Waals surface area contributed by atoms with Crippen LogP contribution in [0.15, 0.2) is 24.4 Å². The van der Waals surface area contributed by atoms with Gasteiger partial charge in [-0.25, -0.2) is 9.67 Å². The minimum atomic E-state index is 0.609. The van der Waals surface area contributed by atoms with E-state index in [1.165, 1.54) is 0 Å². The molecule has 2 rings (SSSR count). The average molecular weight is 260 g/mol. The number of ether oxygens (including phenoxy) is 1. The van der Waals surface area contributed by atoms with Crippen molar-refractivity contribution in [3.8, 4) is 11.6 Å². The van der Waals surface area contributed by atoms with Crippen LogP contribution < -0.4 is 10.5 Å². The molecule has 102 valence electrons. The molecule has 0 aromatic carbocycles. The Morgan fingerprint density at radius 3 is 2.79 bits per heavy atom. The summed E-state index contributed by atoms with van der Waals surface area (Å²) in [6, 6.07) is 5.66. The van der Waals surface area contributed by atoms with Crippen LogP contribution in [0, 0.1) is 0 Å². The first kappa shape index (κ1) is 13.4. The molecule has 0 fully saturated rings. The minimum absolute atomic E-state index is 0.609. The summed E-state index contributed by atoms with van der Waals surface area (Å²) in [5.74, 6) is 1.25. The number of nitrogens with two attached hydrogens (primary N) is 1. The highest BCUT2D eigenvalue weighted by atomic mass is 16.5. The predicted molar refractivity (Wildman–Crippen MR) is 75.6 cm³/mol. The molecule has 0 bridgehead atoms. The summed E-state index contributed by atoms with van der Waals surface area (Å²) < 4.78 is 7.03. The molecule has 2 aromatic heterocycles. The van der Waals surface area contributed by atoms with Crippen LogP contribution in [0.4, 0.5) is 5.82 Å². The summed E-state index contributed by atoms with van der Waals surface area (Å²) in [5.41, 5.74) is 7.86. The summed E-state index contributed by atoms with van der Waals surface area (Å²) in [6.45, 7) is 4.70. The van der Waals surface area contributed by atoms with E-state index in [0.717, 1.165) is 30.6 Å². The van der Waals surface area contributed by atoms with Crippen LogP contribution in [0.1, 0.15) is 32.4 Å². The molecular weight excluding hydrogens is 240 g/mol. The van der Waals surface area contributed by atoms with Gasteiger partial charge in [-0.2, -0.15) is 5.10 Å². The standard InChI is InChI=1S/C14H20N4O/c1-3-5-6-11-9-13(15)18(17-11)12-7-8-14(16-10-12)19-4-2/h7-10H,3-6,15H2,1-2H3. The first-order valence-electron chi connectivity index (χ1n) is 6.68. The van der Waals surface area contributed by atoms with Crippen molar-refractivity contribution < 1.29 is 4.74 Å². The first-order chi connectivity index (χ1) is 9.24. The van der Waals surface area contributed by atoms with Crippen molar-refractivity contribution >= 4 is 5.82 Å². The zero-order valence-electron chi connectivity index (χ0n) is 11.5. The lowest BCUT2D eigenvalue weighted by molar-refractivity contribution is 0.327. The van der Waals surface area contributed by atoms with Crippen LogP contribution in [-0.2, 0) is 6.42 Å². The van der Waals surface area contributed by atoms with Crippen LogP contribution in [0.2, 0.25) is 0 Å². The molecule has 0 unspecified atom stereocenters. The van der Waals surface area contributed by atoms with Gasteiger partial charge in [0.2, 0.25) is 5.88 Å². The van der Waals surface area contributed by atoms with Gasteiger partial charge in [-0.3, -0.25) is 0 Å². The number of rotatable bonds is 6. The molecule has 0 aliphatic rings. The van der Waals surface area contributed by atoms with E-state index in [1.54, 1.807) is 10.9 Å². The molecule has 0 amide bonds. The second kappa shape index (κ2) is 6.22. The van der Waals surface area contributed by atoms with Gasteiger partial charge in [-0.05, 0) is 25.8 Å². The molecule has 19 heavy (non-hydrogen) atoms. The Morgan fingerprint density at radius 2 is 2.16 bits per heavy atom.